The van der Waals surface area contributed by atoms with E-state index in [4.69, 9.17) is 4.74 Å². The first kappa shape index (κ1) is 17.0. The van der Waals surface area contributed by atoms with Gasteiger partial charge in [-0.25, -0.2) is 0 Å². The highest BCUT2D eigenvalue weighted by molar-refractivity contribution is 5.97. The van der Waals surface area contributed by atoms with Crippen molar-refractivity contribution < 1.29 is 9.53 Å². The highest BCUT2D eigenvalue weighted by Crippen LogP contribution is 2.30. The largest absolute Gasteiger partial charge is 0.492 e. The SMILES string of the molecule is CC(C)[C@H](NC(=O)c1cccc2c1OCC2)c1nnc2n1CCNCC2. The van der Waals surface area contributed by atoms with Crippen LogP contribution in [-0.2, 0) is 19.4 Å². The lowest BCUT2D eigenvalue weighted by Gasteiger charge is -2.23. The average molecular weight is 355 g/mol. The third kappa shape index (κ3) is 3.07. The van der Waals surface area contributed by atoms with Gasteiger partial charge in [-0.3, -0.25) is 4.79 Å². The van der Waals surface area contributed by atoms with E-state index in [1.54, 1.807) is 0 Å². The van der Waals surface area contributed by atoms with Gasteiger partial charge in [-0.05, 0) is 17.5 Å². The Hall–Kier alpha value is -2.41. The zero-order valence-electron chi connectivity index (χ0n) is 15.3. The van der Waals surface area contributed by atoms with Gasteiger partial charge in [0.25, 0.3) is 5.91 Å². The minimum atomic E-state index is -0.195. The predicted molar refractivity (Wildman–Crippen MR) is 97.3 cm³/mol. The second-order valence-corrected chi connectivity index (χ2v) is 7.21. The lowest BCUT2D eigenvalue weighted by molar-refractivity contribution is 0.0918. The van der Waals surface area contributed by atoms with Crippen molar-refractivity contribution in [2.24, 2.45) is 5.92 Å². The fraction of sp³-hybridized carbons (Fsp3) is 0.526. The molecule has 0 fully saturated rings. The number of hydrogen-bond donors (Lipinski definition) is 2. The van der Waals surface area contributed by atoms with Crippen LogP contribution in [0.4, 0.5) is 0 Å². The fourth-order valence-corrected chi connectivity index (χ4v) is 3.67. The highest BCUT2D eigenvalue weighted by atomic mass is 16.5. The summed E-state index contributed by atoms with van der Waals surface area (Å²) in [4.78, 5) is 13.0. The summed E-state index contributed by atoms with van der Waals surface area (Å²) in [6, 6.07) is 5.57. The molecule has 2 N–H and O–H groups in total. The Morgan fingerprint density at radius 3 is 3.00 bits per heavy atom. The fourth-order valence-electron chi connectivity index (χ4n) is 3.67. The first-order chi connectivity index (χ1) is 12.6. The molecule has 2 aliphatic heterocycles. The molecule has 1 aromatic carbocycles. The third-order valence-corrected chi connectivity index (χ3v) is 5.08. The Morgan fingerprint density at radius 2 is 2.15 bits per heavy atom. The number of carbonyl (C=O) groups is 1. The van der Waals surface area contributed by atoms with Gasteiger partial charge in [-0.15, -0.1) is 10.2 Å². The minimum absolute atomic E-state index is 0.119. The van der Waals surface area contributed by atoms with Crippen molar-refractivity contribution in [2.75, 3.05) is 19.7 Å². The van der Waals surface area contributed by atoms with E-state index in [2.05, 4.69) is 39.2 Å². The van der Waals surface area contributed by atoms with E-state index in [1.165, 1.54) is 0 Å². The van der Waals surface area contributed by atoms with E-state index in [-0.39, 0.29) is 17.9 Å². The number of ether oxygens (including phenoxy) is 1. The van der Waals surface area contributed by atoms with Crippen LogP contribution in [-0.4, -0.2) is 40.4 Å². The summed E-state index contributed by atoms with van der Waals surface area (Å²) in [5, 5.41) is 15.3. The Kier molecular flexibility index (Phi) is 4.63. The normalized spacial score (nSPS) is 17.2. The molecule has 2 aromatic rings. The summed E-state index contributed by atoms with van der Waals surface area (Å²) in [5.41, 5.74) is 1.70. The second kappa shape index (κ2) is 7.07. The first-order valence-corrected chi connectivity index (χ1v) is 9.33. The molecule has 0 saturated carbocycles. The predicted octanol–water partition coefficient (Wildman–Crippen LogP) is 1.49. The Labute approximate surface area is 153 Å². The molecule has 0 spiro atoms. The quantitative estimate of drug-likeness (QED) is 0.868. The molecule has 138 valence electrons. The molecule has 1 atom stereocenters. The number of fused-ring (bicyclic) bond motifs is 2. The molecule has 2 aliphatic rings. The van der Waals surface area contributed by atoms with Crippen molar-refractivity contribution in [3.05, 3.63) is 41.0 Å². The van der Waals surface area contributed by atoms with Crippen molar-refractivity contribution in [1.29, 1.82) is 0 Å². The van der Waals surface area contributed by atoms with Gasteiger partial charge in [0.05, 0.1) is 18.2 Å². The van der Waals surface area contributed by atoms with E-state index >= 15 is 0 Å². The Balaban J connectivity index is 1.62. The standard InChI is InChI=1S/C19H25N5O2/c1-12(2)16(18-23-22-15-6-8-20-9-10-24(15)18)21-19(25)14-5-3-4-13-7-11-26-17(13)14/h3-5,12,16,20H,6-11H2,1-2H3,(H,21,25)/t16-/m0/s1. The zero-order valence-corrected chi connectivity index (χ0v) is 15.3. The summed E-state index contributed by atoms with van der Waals surface area (Å²) in [6.07, 6.45) is 1.71. The van der Waals surface area contributed by atoms with Crippen LogP contribution in [0.2, 0.25) is 0 Å². The summed E-state index contributed by atoms with van der Waals surface area (Å²) in [6.45, 7) is 7.43. The van der Waals surface area contributed by atoms with Gasteiger partial charge in [-0.2, -0.15) is 0 Å². The molecule has 1 amide bonds. The maximum Gasteiger partial charge on any atom is 0.255 e. The van der Waals surface area contributed by atoms with Crippen LogP contribution in [0.3, 0.4) is 0 Å². The molecule has 0 bridgehead atoms. The maximum absolute atomic E-state index is 13.0. The molecule has 0 radical (unpaired) electrons. The number of carbonyl (C=O) groups excluding carboxylic acids is 1. The molecule has 0 unspecified atom stereocenters. The van der Waals surface area contributed by atoms with Gasteiger partial charge >= 0.3 is 0 Å². The van der Waals surface area contributed by atoms with Gasteiger partial charge < -0.3 is 19.9 Å². The van der Waals surface area contributed by atoms with Crippen molar-refractivity contribution in [2.45, 2.75) is 39.3 Å². The molecular weight excluding hydrogens is 330 g/mol. The van der Waals surface area contributed by atoms with E-state index in [0.717, 1.165) is 55.4 Å². The number of nitrogens with one attached hydrogen (secondary N) is 2. The van der Waals surface area contributed by atoms with Crippen molar-refractivity contribution in [1.82, 2.24) is 25.4 Å². The van der Waals surface area contributed by atoms with Crippen molar-refractivity contribution >= 4 is 5.91 Å². The zero-order chi connectivity index (χ0) is 18.1. The van der Waals surface area contributed by atoms with Crippen LogP contribution in [0.1, 0.15) is 47.5 Å². The molecule has 3 heterocycles. The Morgan fingerprint density at radius 1 is 1.27 bits per heavy atom. The molecule has 7 nitrogen and oxygen atoms in total. The number of amides is 1. The minimum Gasteiger partial charge on any atom is -0.492 e. The average Bonchev–Trinajstić information content (AvgIpc) is 3.20. The second-order valence-electron chi connectivity index (χ2n) is 7.21. The highest BCUT2D eigenvalue weighted by Gasteiger charge is 2.28. The van der Waals surface area contributed by atoms with Crippen LogP contribution in [0.5, 0.6) is 5.75 Å². The van der Waals surface area contributed by atoms with E-state index in [9.17, 15) is 4.79 Å². The lowest BCUT2D eigenvalue weighted by atomic mass is 10.0. The monoisotopic (exact) mass is 355 g/mol. The number of benzene rings is 1. The van der Waals surface area contributed by atoms with Gasteiger partial charge in [0.1, 0.15) is 11.6 Å². The smallest absolute Gasteiger partial charge is 0.255 e. The van der Waals surface area contributed by atoms with Crippen LogP contribution < -0.4 is 15.4 Å². The van der Waals surface area contributed by atoms with Crippen LogP contribution >= 0.6 is 0 Å². The molecule has 0 saturated heterocycles. The van der Waals surface area contributed by atoms with E-state index < -0.39 is 0 Å². The van der Waals surface area contributed by atoms with Gasteiger partial charge in [-0.1, -0.05) is 26.0 Å². The molecular formula is C19H25N5O2. The first-order valence-electron chi connectivity index (χ1n) is 9.33. The molecule has 26 heavy (non-hydrogen) atoms. The number of rotatable bonds is 4. The van der Waals surface area contributed by atoms with Crippen molar-refractivity contribution in [3.8, 4) is 5.75 Å². The number of aromatic nitrogens is 3. The van der Waals surface area contributed by atoms with Crippen LogP contribution in [0.25, 0.3) is 0 Å². The van der Waals surface area contributed by atoms with Gasteiger partial charge in [0, 0.05) is 32.5 Å². The summed E-state index contributed by atoms with van der Waals surface area (Å²) in [5.74, 6) is 2.61. The molecule has 0 aliphatic carbocycles. The van der Waals surface area contributed by atoms with Gasteiger partial charge in [0.2, 0.25) is 0 Å². The van der Waals surface area contributed by atoms with Crippen molar-refractivity contribution in [3.63, 3.8) is 0 Å². The number of nitrogens with zero attached hydrogens (tertiary/aromatic N) is 3. The molecule has 7 heteroatoms. The number of hydrogen-bond acceptors (Lipinski definition) is 5. The van der Waals surface area contributed by atoms with E-state index in [0.29, 0.717) is 12.2 Å². The lowest BCUT2D eigenvalue weighted by Crippen LogP contribution is -2.34. The number of para-hydroxylation sites is 1. The van der Waals surface area contributed by atoms with Gasteiger partial charge in [0.15, 0.2) is 5.82 Å². The van der Waals surface area contributed by atoms with E-state index in [1.807, 2.05) is 18.2 Å². The summed E-state index contributed by atoms with van der Waals surface area (Å²) < 4.78 is 7.84. The maximum atomic E-state index is 13.0. The molecule has 1 aromatic heterocycles. The van der Waals surface area contributed by atoms with Crippen LogP contribution in [0.15, 0.2) is 18.2 Å². The molecule has 4 rings (SSSR count). The summed E-state index contributed by atoms with van der Waals surface area (Å²) >= 11 is 0. The topological polar surface area (TPSA) is 81.1 Å². The summed E-state index contributed by atoms with van der Waals surface area (Å²) in [7, 11) is 0. The Bertz CT molecular complexity index is 814. The third-order valence-electron chi connectivity index (χ3n) is 5.08. The van der Waals surface area contributed by atoms with Crippen LogP contribution in [0, 0.1) is 5.92 Å².